The number of guanidine groups is 1. The van der Waals surface area contributed by atoms with Crippen molar-refractivity contribution in [3.63, 3.8) is 0 Å². The highest BCUT2D eigenvalue weighted by Gasteiger charge is 2.32. The molecule has 2 aromatic rings. The van der Waals surface area contributed by atoms with Gasteiger partial charge in [0.05, 0.1) is 13.2 Å². The molecular weight excluding hydrogens is 515 g/mol. The molecule has 0 aromatic heterocycles. The summed E-state index contributed by atoms with van der Waals surface area (Å²) in [5.74, 6) is 1.53. The van der Waals surface area contributed by atoms with E-state index in [1.165, 1.54) is 11.3 Å². The van der Waals surface area contributed by atoms with Crippen LogP contribution in [0.4, 0.5) is 5.69 Å². The number of amides is 1. The average molecular weight is 548 g/mol. The van der Waals surface area contributed by atoms with Crippen LogP contribution < -0.4 is 10.2 Å². The number of carbonyl (C=O) groups is 1. The molecule has 1 fully saturated rings. The Labute approximate surface area is 207 Å². The highest BCUT2D eigenvalue weighted by Crippen LogP contribution is 2.38. The van der Waals surface area contributed by atoms with Crippen molar-refractivity contribution in [3.05, 3.63) is 65.2 Å². The molecule has 1 saturated heterocycles. The summed E-state index contributed by atoms with van der Waals surface area (Å²) in [5, 5.41) is 13.1. The van der Waals surface area contributed by atoms with Gasteiger partial charge >= 0.3 is 0 Å². The molecule has 2 aliphatic rings. The molecule has 0 radical (unpaired) electrons. The van der Waals surface area contributed by atoms with Crippen LogP contribution in [0.15, 0.2) is 53.5 Å². The minimum Gasteiger partial charge on any atom is -0.392 e. The van der Waals surface area contributed by atoms with Crippen molar-refractivity contribution in [3.8, 4) is 0 Å². The molecule has 172 valence electrons. The number of para-hydroxylation sites is 1. The van der Waals surface area contributed by atoms with E-state index in [0.717, 1.165) is 56.1 Å². The van der Waals surface area contributed by atoms with Crippen molar-refractivity contribution in [2.24, 2.45) is 4.99 Å². The van der Waals surface area contributed by atoms with E-state index in [9.17, 15) is 9.90 Å². The van der Waals surface area contributed by atoms with E-state index in [-0.39, 0.29) is 30.6 Å². The summed E-state index contributed by atoms with van der Waals surface area (Å²) in [4.78, 5) is 21.2. The lowest BCUT2D eigenvalue weighted by molar-refractivity contribution is -0.127. The van der Waals surface area contributed by atoms with E-state index in [2.05, 4.69) is 41.4 Å². The largest absolute Gasteiger partial charge is 0.392 e. The minimum atomic E-state index is 0. The molecule has 4 rings (SSSR count). The molecule has 2 heterocycles. The van der Waals surface area contributed by atoms with Gasteiger partial charge in [0, 0.05) is 44.2 Å². The van der Waals surface area contributed by atoms with Crippen LogP contribution in [0.5, 0.6) is 0 Å². The second kappa shape index (κ2) is 11.7. The van der Waals surface area contributed by atoms with E-state index in [0.29, 0.717) is 24.8 Å². The van der Waals surface area contributed by atoms with E-state index >= 15 is 0 Å². The number of hydrogen-bond acceptors (Lipinski definition) is 3. The number of benzene rings is 2. The van der Waals surface area contributed by atoms with Crippen molar-refractivity contribution in [2.75, 3.05) is 31.1 Å². The summed E-state index contributed by atoms with van der Waals surface area (Å²) in [7, 11) is 0. The number of hydrogen-bond donors (Lipinski definition) is 2. The Morgan fingerprint density at radius 1 is 1.16 bits per heavy atom. The van der Waals surface area contributed by atoms with Crippen LogP contribution in [0, 0.1) is 0 Å². The monoisotopic (exact) mass is 548 g/mol. The lowest BCUT2D eigenvalue weighted by atomic mass is 9.98. The predicted octanol–water partition coefficient (Wildman–Crippen LogP) is 3.88. The Morgan fingerprint density at radius 3 is 2.62 bits per heavy atom. The lowest BCUT2D eigenvalue weighted by Gasteiger charge is -2.23. The maximum atomic E-state index is 12.0. The Morgan fingerprint density at radius 2 is 1.91 bits per heavy atom. The first-order valence-electron chi connectivity index (χ1n) is 11.3. The van der Waals surface area contributed by atoms with Crippen LogP contribution in [0.3, 0.4) is 0 Å². The Kier molecular flexibility index (Phi) is 8.92. The quantitative estimate of drug-likeness (QED) is 0.313. The number of carbonyl (C=O) groups excluding carboxylic acids is 1. The first kappa shape index (κ1) is 24.5. The van der Waals surface area contributed by atoms with E-state index in [1.807, 2.05) is 29.2 Å². The molecule has 2 aromatic carbocycles. The minimum absolute atomic E-state index is 0. The van der Waals surface area contributed by atoms with Crippen LogP contribution in [0.1, 0.15) is 48.8 Å². The van der Waals surface area contributed by atoms with Gasteiger partial charge in [-0.1, -0.05) is 42.5 Å². The number of fused-ring (bicyclic) bond motifs is 1. The number of halogens is 1. The third kappa shape index (κ3) is 5.43. The molecule has 1 unspecified atom stereocenters. The molecule has 0 bridgehead atoms. The normalized spacial score (nSPS) is 18.0. The molecule has 6 nitrogen and oxygen atoms in total. The fourth-order valence-electron chi connectivity index (χ4n) is 4.62. The van der Waals surface area contributed by atoms with Crippen LogP contribution in [0.2, 0.25) is 0 Å². The number of aliphatic hydroxyl groups is 1. The van der Waals surface area contributed by atoms with Crippen LogP contribution in [0.25, 0.3) is 0 Å². The number of rotatable bonds is 7. The van der Waals surface area contributed by atoms with Gasteiger partial charge in [-0.05, 0) is 42.5 Å². The van der Waals surface area contributed by atoms with Gasteiger partial charge in [0.2, 0.25) is 5.91 Å². The van der Waals surface area contributed by atoms with Gasteiger partial charge in [-0.3, -0.25) is 4.79 Å². The standard InChI is InChI=1S/C25H32N4O2.HI/c1-2-26-25(27-16-19-8-3-4-9-21(19)18-30)29-17-20(22-10-5-6-11-23(22)29)13-15-28-14-7-12-24(28)31;/h3-6,8-11,20,30H,2,7,12-18H2,1H3,(H,26,27);1H. The van der Waals surface area contributed by atoms with Gasteiger partial charge < -0.3 is 20.2 Å². The number of likely N-dealkylation sites (tertiary alicyclic amines) is 1. The van der Waals surface area contributed by atoms with Crippen LogP contribution in [-0.4, -0.2) is 48.1 Å². The van der Waals surface area contributed by atoms with Crippen molar-refractivity contribution in [1.82, 2.24) is 10.2 Å². The van der Waals surface area contributed by atoms with E-state index < -0.39 is 0 Å². The molecular formula is C25H33IN4O2. The highest BCUT2D eigenvalue weighted by atomic mass is 127. The molecule has 0 saturated carbocycles. The summed E-state index contributed by atoms with van der Waals surface area (Å²) in [6.45, 7) is 5.97. The Hall–Kier alpha value is -2.13. The first-order chi connectivity index (χ1) is 15.2. The van der Waals surface area contributed by atoms with Gasteiger partial charge in [0.25, 0.3) is 0 Å². The summed E-state index contributed by atoms with van der Waals surface area (Å²) in [6, 6.07) is 16.4. The van der Waals surface area contributed by atoms with Crippen LogP contribution >= 0.6 is 24.0 Å². The molecule has 2 aliphatic heterocycles. The van der Waals surface area contributed by atoms with Gasteiger partial charge in [-0.2, -0.15) is 0 Å². The van der Waals surface area contributed by atoms with Gasteiger partial charge in [0.15, 0.2) is 5.96 Å². The van der Waals surface area contributed by atoms with E-state index in [4.69, 9.17) is 4.99 Å². The fraction of sp³-hybridized carbons (Fsp3) is 0.440. The Bertz CT molecular complexity index is 949. The van der Waals surface area contributed by atoms with Gasteiger partial charge in [0.1, 0.15) is 0 Å². The maximum Gasteiger partial charge on any atom is 0.222 e. The van der Waals surface area contributed by atoms with E-state index in [1.54, 1.807) is 0 Å². The first-order valence-corrected chi connectivity index (χ1v) is 11.3. The molecule has 7 heteroatoms. The molecule has 0 spiro atoms. The lowest BCUT2D eigenvalue weighted by Crippen LogP contribution is -2.41. The summed E-state index contributed by atoms with van der Waals surface area (Å²) in [5.41, 5.74) is 4.47. The number of nitrogens with one attached hydrogen (secondary N) is 1. The van der Waals surface area contributed by atoms with Crippen molar-refractivity contribution < 1.29 is 9.90 Å². The topological polar surface area (TPSA) is 68.2 Å². The number of nitrogens with zero attached hydrogens (tertiary/aromatic N) is 3. The Balaban J connectivity index is 0.00000289. The number of aliphatic imine (C=N–C) groups is 1. The molecule has 1 amide bonds. The van der Waals surface area contributed by atoms with Crippen molar-refractivity contribution in [2.45, 2.75) is 45.3 Å². The molecule has 2 N–H and O–H groups in total. The second-order valence-corrected chi connectivity index (χ2v) is 8.24. The zero-order valence-corrected chi connectivity index (χ0v) is 21.0. The van der Waals surface area contributed by atoms with Gasteiger partial charge in [-0.15, -0.1) is 24.0 Å². The van der Waals surface area contributed by atoms with Gasteiger partial charge in [-0.25, -0.2) is 4.99 Å². The van der Waals surface area contributed by atoms with Crippen molar-refractivity contribution in [1.29, 1.82) is 0 Å². The summed E-state index contributed by atoms with van der Waals surface area (Å²) in [6.07, 6.45) is 2.64. The fourth-order valence-corrected chi connectivity index (χ4v) is 4.62. The molecule has 1 atom stereocenters. The van der Waals surface area contributed by atoms with Crippen molar-refractivity contribution >= 4 is 41.5 Å². The third-order valence-corrected chi connectivity index (χ3v) is 6.27. The average Bonchev–Trinajstić information content (AvgIpc) is 3.38. The smallest absolute Gasteiger partial charge is 0.222 e. The zero-order chi connectivity index (χ0) is 21.6. The number of anilines is 1. The van der Waals surface area contributed by atoms with Crippen LogP contribution in [-0.2, 0) is 17.9 Å². The molecule has 0 aliphatic carbocycles. The third-order valence-electron chi connectivity index (χ3n) is 6.27. The second-order valence-electron chi connectivity index (χ2n) is 8.24. The predicted molar refractivity (Wildman–Crippen MR) is 140 cm³/mol. The summed E-state index contributed by atoms with van der Waals surface area (Å²) < 4.78 is 0. The zero-order valence-electron chi connectivity index (χ0n) is 18.7. The summed E-state index contributed by atoms with van der Waals surface area (Å²) >= 11 is 0. The number of aliphatic hydroxyl groups excluding tert-OH is 1. The SMILES string of the molecule is CCNC(=NCc1ccccc1CO)N1CC(CCN2CCCC2=O)c2ccccc21.I. The molecule has 32 heavy (non-hydrogen) atoms. The highest BCUT2D eigenvalue weighted by molar-refractivity contribution is 14.0. The maximum absolute atomic E-state index is 12.0.